The molecule has 8 nitrogen and oxygen atoms in total. The molecule has 0 spiro atoms. The Labute approximate surface area is 183 Å². The van der Waals surface area contributed by atoms with Crippen molar-refractivity contribution in [1.82, 2.24) is 20.8 Å². The molecule has 2 N–H and O–H groups in total. The summed E-state index contributed by atoms with van der Waals surface area (Å²) >= 11 is 6.01. The van der Waals surface area contributed by atoms with E-state index < -0.39 is 0 Å². The zero-order valence-corrected chi connectivity index (χ0v) is 18.6. The molecule has 1 aromatic heterocycles. The lowest BCUT2D eigenvalue weighted by atomic mass is 10.2. The van der Waals surface area contributed by atoms with Crippen molar-refractivity contribution < 1.29 is 14.0 Å². The number of hydrogen-bond donors (Lipinski definition) is 2. The average Bonchev–Trinajstić information content (AvgIpc) is 3.21. The van der Waals surface area contributed by atoms with E-state index in [1.165, 1.54) is 0 Å². The minimum Gasteiger partial charge on any atom is -0.379 e. The number of nitrogens with one attached hydrogen (secondary N) is 2. The molecule has 166 valence electrons. The number of guanidine groups is 1. The molecule has 0 radical (unpaired) electrons. The fraction of sp³-hybridized carbons (Fsp3) is 0.571. The molecule has 0 unspecified atom stereocenters. The predicted molar refractivity (Wildman–Crippen MR) is 119 cm³/mol. The van der Waals surface area contributed by atoms with Crippen molar-refractivity contribution in [3.8, 4) is 11.4 Å². The lowest BCUT2D eigenvalue weighted by Gasteiger charge is -2.10. The molecule has 0 amide bonds. The van der Waals surface area contributed by atoms with Crippen molar-refractivity contribution >= 4 is 17.6 Å². The Morgan fingerprint density at radius 1 is 1.13 bits per heavy atom. The first-order chi connectivity index (χ1) is 14.7. The van der Waals surface area contributed by atoms with E-state index >= 15 is 0 Å². The van der Waals surface area contributed by atoms with Gasteiger partial charge in [0.2, 0.25) is 11.7 Å². The highest BCUT2D eigenvalue weighted by Gasteiger charge is 2.09. The number of halogens is 1. The highest BCUT2D eigenvalue weighted by molar-refractivity contribution is 6.30. The summed E-state index contributed by atoms with van der Waals surface area (Å²) in [7, 11) is 0. The Morgan fingerprint density at radius 3 is 2.73 bits per heavy atom. The van der Waals surface area contributed by atoms with Crippen LogP contribution in [-0.2, 0) is 15.9 Å². The lowest BCUT2D eigenvalue weighted by Crippen LogP contribution is -2.38. The van der Waals surface area contributed by atoms with Gasteiger partial charge in [0.15, 0.2) is 5.96 Å². The Hall–Kier alpha value is -2.16. The highest BCUT2D eigenvalue weighted by Crippen LogP contribution is 2.19. The van der Waals surface area contributed by atoms with Crippen molar-refractivity contribution in [1.29, 1.82) is 0 Å². The van der Waals surface area contributed by atoms with E-state index in [-0.39, 0.29) is 0 Å². The third kappa shape index (κ3) is 9.56. The van der Waals surface area contributed by atoms with Gasteiger partial charge in [0.1, 0.15) is 0 Å². The molecule has 0 fully saturated rings. The van der Waals surface area contributed by atoms with Crippen LogP contribution in [0.1, 0.15) is 32.6 Å². The molecular weight excluding hydrogens is 406 g/mol. The summed E-state index contributed by atoms with van der Waals surface area (Å²) < 4.78 is 16.3. The van der Waals surface area contributed by atoms with Crippen molar-refractivity contribution in [2.75, 3.05) is 46.1 Å². The number of rotatable bonds is 14. The number of benzene rings is 1. The first kappa shape index (κ1) is 24.1. The van der Waals surface area contributed by atoms with E-state index in [1.54, 1.807) is 0 Å². The Balaban J connectivity index is 1.67. The smallest absolute Gasteiger partial charge is 0.228 e. The van der Waals surface area contributed by atoms with Gasteiger partial charge < -0.3 is 24.6 Å². The topological polar surface area (TPSA) is 93.8 Å². The zero-order valence-electron chi connectivity index (χ0n) is 17.8. The Morgan fingerprint density at radius 2 is 1.97 bits per heavy atom. The number of aliphatic imine (C=N–C) groups is 1. The number of hydrogen-bond acceptors (Lipinski definition) is 6. The second kappa shape index (κ2) is 14.8. The quantitative estimate of drug-likeness (QED) is 0.266. The maximum atomic E-state index is 6.01. The highest BCUT2D eigenvalue weighted by atomic mass is 35.5. The first-order valence-corrected chi connectivity index (χ1v) is 10.9. The molecule has 9 heteroatoms. The monoisotopic (exact) mass is 437 g/mol. The summed E-state index contributed by atoms with van der Waals surface area (Å²) in [5.41, 5.74) is 0.830. The van der Waals surface area contributed by atoms with Crippen LogP contribution in [0.15, 0.2) is 33.8 Å². The second-order valence-corrected chi connectivity index (χ2v) is 6.97. The number of aromatic nitrogens is 2. The minimum absolute atomic E-state index is 0.531. The van der Waals surface area contributed by atoms with E-state index in [9.17, 15) is 0 Å². The van der Waals surface area contributed by atoms with Gasteiger partial charge in [-0.3, -0.25) is 4.99 Å². The van der Waals surface area contributed by atoms with Crippen molar-refractivity contribution in [3.63, 3.8) is 0 Å². The molecule has 0 bridgehead atoms. The van der Waals surface area contributed by atoms with Gasteiger partial charge in [-0.1, -0.05) is 42.2 Å². The van der Waals surface area contributed by atoms with Crippen LogP contribution in [-0.4, -0.2) is 62.2 Å². The van der Waals surface area contributed by atoms with Crippen LogP contribution in [0.25, 0.3) is 11.4 Å². The van der Waals surface area contributed by atoms with Crippen LogP contribution in [0.5, 0.6) is 0 Å². The second-order valence-electron chi connectivity index (χ2n) is 6.54. The third-order valence-corrected chi connectivity index (χ3v) is 4.28. The van der Waals surface area contributed by atoms with Gasteiger partial charge in [-0.2, -0.15) is 4.98 Å². The summed E-state index contributed by atoms with van der Waals surface area (Å²) in [6.45, 7) is 8.72. The standard InChI is InChI=1S/C21H32ClN5O3/c1-3-5-12-28-14-15-29-13-11-25-21(23-4-2)24-10-9-19-26-20(27-30-19)17-7-6-8-18(22)16-17/h6-8,16H,3-5,9-15H2,1-2H3,(H2,23,24,25). The summed E-state index contributed by atoms with van der Waals surface area (Å²) in [5, 5.41) is 11.1. The van der Waals surface area contributed by atoms with Gasteiger partial charge in [-0.25, -0.2) is 0 Å². The molecular formula is C21H32ClN5O3. The number of unbranched alkanes of at least 4 members (excludes halogenated alkanes) is 1. The number of ether oxygens (including phenoxy) is 2. The fourth-order valence-corrected chi connectivity index (χ4v) is 2.71. The van der Waals surface area contributed by atoms with Gasteiger partial charge in [0.25, 0.3) is 0 Å². The van der Waals surface area contributed by atoms with E-state index in [2.05, 4.69) is 32.7 Å². The minimum atomic E-state index is 0.531. The van der Waals surface area contributed by atoms with E-state index in [0.29, 0.717) is 56.1 Å². The summed E-state index contributed by atoms with van der Waals surface area (Å²) in [6.07, 6.45) is 2.82. The Bertz CT molecular complexity index is 754. The van der Waals surface area contributed by atoms with Crippen LogP contribution in [0, 0.1) is 0 Å². The van der Waals surface area contributed by atoms with E-state index in [0.717, 1.165) is 37.5 Å². The maximum absolute atomic E-state index is 6.01. The number of nitrogens with zero attached hydrogens (tertiary/aromatic N) is 3. The zero-order chi connectivity index (χ0) is 21.4. The van der Waals surface area contributed by atoms with Gasteiger partial charge in [0.05, 0.1) is 26.4 Å². The predicted octanol–water partition coefficient (Wildman–Crippen LogP) is 3.32. The molecule has 0 aliphatic rings. The molecule has 1 heterocycles. The third-order valence-electron chi connectivity index (χ3n) is 4.05. The van der Waals surface area contributed by atoms with Crippen LogP contribution >= 0.6 is 11.6 Å². The van der Waals surface area contributed by atoms with Crippen molar-refractivity contribution in [2.24, 2.45) is 4.99 Å². The van der Waals surface area contributed by atoms with Crippen LogP contribution in [0.4, 0.5) is 0 Å². The normalized spacial score (nSPS) is 11.6. The summed E-state index contributed by atoms with van der Waals surface area (Å²) in [5.74, 6) is 1.82. The van der Waals surface area contributed by atoms with Gasteiger partial charge in [-0.15, -0.1) is 0 Å². The first-order valence-electron chi connectivity index (χ1n) is 10.5. The summed E-state index contributed by atoms with van der Waals surface area (Å²) in [6, 6.07) is 7.37. The molecule has 0 aliphatic heterocycles. The molecule has 30 heavy (non-hydrogen) atoms. The van der Waals surface area contributed by atoms with Crippen molar-refractivity contribution in [3.05, 3.63) is 35.2 Å². The molecule has 0 saturated heterocycles. The van der Waals surface area contributed by atoms with Gasteiger partial charge in [0, 0.05) is 36.7 Å². The van der Waals surface area contributed by atoms with Crippen LogP contribution < -0.4 is 10.6 Å². The van der Waals surface area contributed by atoms with Crippen LogP contribution in [0.3, 0.4) is 0 Å². The van der Waals surface area contributed by atoms with Crippen LogP contribution in [0.2, 0.25) is 5.02 Å². The van der Waals surface area contributed by atoms with Gasteiger partial charge in [-0.05, 0) is 25.5 Å². The van der Waals surface area contributed by atoms with Gasteiger partial charge >= 0.3 is 0 Å². The maximum Gasteiger partial charge on any atom is 0.228 e. The molecule has 0 atom stereocenters. The molecule has 0 aliphatic carbocycles. The largest absolute Gasteiger partial charge is 0.379 e. The molecule has 1 aromatic carbocycles. The summed E-state index contributed by atoms with van der Waals surface area (Å²) in [4.78, 5) is 8.92. The van der Waals surface area contributed by atoms with E-state index in [4.69, 9.17) is 25.6 Å². The lowest BCUT2D eigenvalue weighted by molar-refractivity contribution is 0.0497. The molecule has 2 aromatic rings. The average molecular weight is 438 g/mol. The Kier molecular flexibility index (Phi) is 11.9. The molecule has 0 saturated carbocycles. The fourth-order valence-electron chi connectivity index (χ4n) is 2.52. The van der Waals surface area contributed by atoms with E-state index in [1.807, 2.05) is 31.2 Å². The molecule has 2 rings (SSSR count). The SMILES string of the molecule is CCCCOCCOCCN=C(NCC)NCCc1nc(-c2cccc(Cl)c2)no1. The van der Waals surface area contributed by atoms with Crippen molar-refractivity contribution in [2.45, 2.75) is 33.1 Å².